The van der Waals surface area contributed by atoms with Crippen LogP contribution in [0.5, 0.6) is 0 Å². The van der Waals surface area contributed by atoms with Crippen molar-refractivity contribution in [3.63, 3.8) is 0 Å². The van der Waals surface area contributed by atoms with E-state index in [2.05, 4.69) is 15.6 Å². The standard InChI is InChI=1S/C16H26N4O/c21-16(18-8-3-10-20-11-9-17-12-20)15-7-6-13-4-1-2-5-14(13)19-15/h9,11-15,19H,1-8,10H2,(H,18,21). The minimum Gasteiger partial charge on any atom is -0.355 e. The van der Waals surface area contributed by atoms with Crippen molar-refractivity contribution in [2.75, 3.05) is 6.54 Å². The van der Waals surface area contributed by atoms with Crippen molar-refractivity contribution >= 4 is 5.91 Å². The molecule has 2 aliphatic rings. The summed E-state index contributed by atoms with van der Waals surface area (Å²) in [4.78, 5) is 16.3. The molecule has 0 spiro atoms. The second-order valence-electron chi connectivity index (χ2n) is 6.39. The first-order valence-corrected chi connectivity index (χ1v) is 8.32. The van der Waals surface area contributed by atoms with Gasteiger partial charge in [0, 0.05) is 31.5 Å². The number of hydrogen-bond acceptors (Lipinski definition) is 3. The summed E-state index contributed by atoms with van der Waals surface area (Å²) in [5.41, 5.74) is 0. The molecule has 5 nitrogen and oxygen atoms in total. The summed E-state index contributed by atoms with van der Waals surface area (Å²) in [6.45, 7) is 1.65. The highest BCUT2D eigenvalue weighted by molar-refractivity contribution is 5.81. The molecule has 5 heteroatoms. The summed E-state index contributed by atoms with van der Waals surface area (Å²) in [5, 5.41) is 6.66. The van der Waals surface area contributed by atoms with Crippen LogP contribution in [-0.4, -0.2) is 34.1 Å². The van der Waals surface area contributed by atoms with Gasteiger partial charge in [0.1, 0.15) is 0 Å². The molecule has 2 N–H and O–H groups in total. The number of imidazole rings is 1. The second-order valence-corrected chi connectivity index (χ2v) is 6.39. The molecular weight excluding hydrogens is 264 g/mol. The van der Waals surface area contributed by atoms with Crippen LogP contribution in [0.15, 0.2) is 18.7 Å². The molecule has 2 heterocycles. The van der Waals surface area contributed by atoms with Crippen molar-refractivity contribution in [1.29, 1.82) is 0 Å². The zero-order valence-corrected chi connectivity index (χ0v) is 12.6. The van der Waals surface area contributed by atoms with Crippen molar-refractivity contribution in [2.45, 2.75) is 63.6 Å². The van der Waals surface area contributed by atoms with E-state index in [1.165, 1.54) is 32.1 Å². The van der Waals surface area contributed by atoms with Gasteiger partial charge in [-0.25, -0.2) is 4.98 Å². The number of carbonyl (C=O) groups is 1. The molecule has 1 aromatic heterocycles. The van der Waals surface area contributed by atoms with Crippen LogP contribution in [0.25, 0.3) is 0 Å². The van der Waals surface area contributed by atoms with E-state index in [4.69, 9.17) is 0 Å². The lowest BCUT2D eigenvalue weighted by Gasteiger charge is -2.39. The third kappa shape index (κ3) is 3.84. The van der Waals surface area contributed by atoms with Crippen LogP contribution in [0.3, 0.4) is 0 Å². The van der Waals surface area contributed by atoms with E-state index in [0.29, 0.717) is 6.04 Å². The first kappa shape index (κ1) is 14.6. The number of nitrogens with one attached hydrogen (secondary N) is 2. The number of nitrogens with zero attached hydrogens (tertiary/aromatic N) is 2. The van der Waals surface area contributed by atoms with E-state index in [-0.39, 0.29) is 11.9 Å². The van der Waals surface area contributed by atoms with Gasteiger partial charge in [-0.1, -0.05) is 12.8 Å². The topological polar surface area (TPSA) is 59.0 Å². The second kappa shape index (κ2) is 7.07. The maximum atomic E-state index is 12.2. The highest BCUT2D eigenvalue weighted by Gasteiger charge is 2.34. The van der Waals surface area contributed by atoms with Crippen LogP contribution in [0, 0.1) is 5.92 Å². The summed E-state index contributed by atoms with van der Waals surface area (Å²) in [6.07, 6.45) is 14.0. The lowest BCUT2D eigenvalue weighted by molar-refractivity contribution is -0.124. The minimum atomic E-state index is 0.0256. The van der Waals surface area contributed by atoms with Crippen molar-refractivity contribution in [1.82, 2.24) is 20.2 Å². The van der Waals surface area contributed by atoms with Crippen LogP contribution in [0.4, 0.5) is 0 Å². The van der Waals surface area contributed by atoms with Gasteiger partial charge in [-0.15, -0.1) is 0 Å². The average molecular weight is 290 g/mol. The minimum absolute atomic E-state index is 0.0256. The maximum absolute atomic E-state index is 12.2. The molecule has 116 valence electrons. The van der Waals surface area contributed by atoms with Crippen LogP contribution >= 0.6 is 0 Å². The third-order valence-electron chi connectivity index (χ3n) is 4.92. The molecule has 0 bridgehead atoms. The Hall–Kier alpha value is -1.36. The van der Waals surface area contributed by atoms with Gasteiger partial charge >= 0.3 is 0 Å². The van der Waals surface area contributed by atoms with E-state index in [1.807, 2.05) is 17.1 Å². The smallest absolute Gasteiger partial charge is 0.237 e. The summed E-state index contributed by atoms with van der Waals surface area (Å²) >= 11 is 0. The molecule has 21 heavy (non-hydrogen) atoms. The Morgan fingerprint density at radius 3 is 3.05 bits per heavy atom. The predicted octanol–water partition coefficient (Wildman–Crippen LogP) is 1.70. The van der Waals surface area contributed by atoms with Gasteiger partial charge in [0.15, 0.2) is 0 Å². The lowest BCUT2D eigenvalue weighted by Crippen LogP contribution is -2.55. The first-order chi connectivity index (χ1) is 10.3. The number of aryl methyl sites for hydroxylation is 1. The average Bonchev–Trinajstić information content (AvgIpc) is 3.04. The van der Waals surface area contributed by atoms with Crippen LogP contribution < -0.4 is 10.6 Å². The Balaban J connectivity index is 1.37. The lowest BCUT2D eigenvalue weighted by atomic mass is 9.77. The van der Waals surface area contributed by atoms with Gasteiger partial charge in [0.2, 0.25) is 5.91 Å². The Morgan fingerprint density at radius 1 is 1.29 bits per heavy atom. The number of amides is 1. The summed E-state index contributed by atoms with van der Waals surface area (Å²) < 4.78 is 2.04. The molecular formula is C16H26N4O. The number of carbonyl (C=O) groups excluding carboxylic acids is 1. The Morgan fingerprint density at radius 2 is 2.19 bits per heavy atom. The molecule has 1 aromatic rings. The fourth-order valence-electron chi connectivity index (χ4n) is 3.72. The Labute approximate surface area is 126 Å². The molecule has 2 fully saturated rings. The molecule has 1 aliphatic carbocycles. The molecule has 3 rings (SSSR count). The third-order valence-corrected chi connectivity index (χ3v) is 4.92. The predicted molar refractivity (Wildman–Crippen MR) is 81.8 cm³/mol. The van der Waals surface area contributed by atoms with Crippen LogP contribution in [0.1, 0.15) is 44.9 Å². The fraction of sp³-hybridized carbons (Fsp3) is 0.750. The van der Waals surface area contributed by atoms with E-state index in [9.17, 15) is 4.79 Å². The Kier molecular flexibility index (Phi) is 4.91. The van der Waals surface area contributed by atoms with E-state index >= 15 is 0 Å². The Bertz CT molecular complexity index is 445. The van der Waals surface area contributed by atoms with Crippen LogP contribution in [0.2, 0.25) is 0 Å². The van der Waals surface area contributed by atoms with Crippen molar-refractivity contribution in [3.8, 4) is 0 Å². The van der Waals surface area contributed by atoms with Gasteiger partial charge in [0.05, 0.1) is 12.4 Å². The van der Waals surface area contributed by atoms with E-state index in [1.54, 1.807) is 6.20 Å². The number of fused-ring (bicyclic) bond motifs is 1. The van der Waals surface area contributed by atoms with Gasteiger partial charge in [-0.2, -0.15) is 0 Å². The van der Waals surface area contributed by atoms with Gasteiger partial charge in [0.25, 0.3) is 0 Å². The highest BCUT2D eigenvalue weighted by Crippen LogP contribution is 2.32. The summed E-state index contributed by atoms with van der Waals surface area (Å²) in [5.74, 6) is 0.994. The molecule has 1 amide bonds. The monoisotopic (exact) mass is 290 g/mol. The maximum Gasteiger partial charge on any atom is 0.237 e. The summed E-state index contributed by atoms with van der Waals surface area (Å²) in [6, 6.07) is 0.604. The van der Waals surface area contributed by atoms with Crippen molar-refractivity contribution < 1.29 is 4.79 Å². The molecule has 3 atom stereocenters. The molecule has 1 aliphatic heterocycles. The molecule has 0 aromatic carbocycles. The first-order valence-electron chi connectivity index (χ1n) is 8.32. The normalized spacial score (nSPS) is 28.9. The van der Waals surface area contributed by atoms with Gasteiger partial charge < -0.3 is 15.2 Å². The number of hydrogen-bond donors (Lipinski definition) is 2. The van der Waals surface area contributed by atoms with Crippen molar-refractivity contribution in [2.24, 2.45) is 5.92 Å². The number of rotatable bonds is 5. The summed E-state index contributed by atoms with van der Waals surface area (Å²) in [7, 11) is 0. The number of piperidine rings is 1. The molecule has 3 unspecified atom stereocenters. The number of aromatic nitrogens is 2. The SMILES string of the molecule is O=C(NCCCn1ccnc1)C1CCC2CCCCC2N1. The quantitative estimate of drug-likeness (QED) is 0.812. The highest BCUT2D eigenvalue weighted by atomic mass is 16.2. The van der Waals surface area contributed by atoms with Gasteiger partial charge in [-0.3, -0.25) is 4.79 Å². The van der Waals surface area contributed by atoms with Crippen LogP contribution in [-0.2, 0) is 11.3 Å². The van der Waals surface area contributed by atoms with Crippen molar-refractivity contribution in [3.05, 3.63) is 18.7 Å². The molecule has 0 radical (unpaired) electrons. The van der Waals surface area contributed by atoms with Gasteiger partial charge in [-0.05, 0) is 38.0 Å². The zero-order chi connectivity index (χ0) is 14.5. The zero-order valence-electron chi connectivity index (χ0n) is 12.6. The largest absolute Gasteiger partial charge is 0.355 e. The van der Waals surface area contributed by atoms with E-state index < -0.39 is 0 Å². The molecule has 1 saturated heterocycles. The molecule has 1 saturated carbocycles. The fourth-order valence-corrected chi connectivity index (χ4v) is 3.72. The van der Waals surface area contributed by atoms with E-state index in [0.717, 1.165) is 31.8 Å².